The minimum atomic E-state index is -3.84. The highest BCUT2D eigenvalue weighted by atomic mass is 32.2. The van der Waals surface area contributed by atoms with Crippen LogP contribution in [0.25, 0.3) is 0 Å². The number of methoxy groups -OCH3 is 1. The van der Waals surface area contributed by atoms with Crippen molar-refractivity contribution in [2.24, 2.45) is 11.1 Å². The van der Waals surface area contributed by atoms with Crippen LogP contribution in [-0.4, -0.2) is 52.7 Å². The zero-order valence-electron chi connectivity index (χ0n) is 13.4. The molecule has 2 N–H and O–H groups in total. The summed E-state index contributed by atoms with van der Waals surface area (Å²) in [7, 11) is -2.32. The fraction of sp³-hybridized carbons (Fsp3) is 0.600. The second-order valence-electron chi connectivity index (χ2n) is 6.04. The fourth-order valence-electron chi connectivity index (χ4n) is 2.53. The van der Waals surface area contributed by atoms with Crippen molar-refractivity contribution in [1.82, 2.24) is 4.31 Å². The number of hydrogen-bond acceptors (Lipinski definition) is 5. The van der Waals surface area contributed by atoms with Crippen LogP contribution < -0.4 is 10.5 Å². The average molecular weight is 346 g/mol. The van der Waals surface area contributed by atoms with Crippen molar-refractivity contribution in [2.75, 3.05) is 40.0 Å². The Morgan fingerprint density at radius 1 is 1.39 bits per heavy atom. The molecule has 1 aromatic carbocycles. The number of ether oxygens (including phenoxy) is 2. The summed E-state index contributed by atoms with van der Waals surface area (Å²) in [5.74, 6) is -0.492. The molecule has 1 aliphatic rings. The molecule has 0 bridgehead atoms. The lowest BCUT2D eigenvalue weighted by Crippen LogP contribution is -2.34. The summed E-state index contributed by atoms with van der Waals surface area (Å²) in [5, 5.41) is 0. The molecule has 2 rings (SSSR count). The topological polar surface area (TPSA) is 81.9 Å². The Morgan fingerprint density at radius 2 is 2.13 bits per heavy atom. The number of benzene rings is 1. The molecule has 0 saturated carbocycles. The van der Waals surface area contributed by atoms with Gasteiger partial charge in [-0.3, -0.25) is 0 Å². The maximum atomic E-state index is 13.6. The van der Waals surface area contributed by atoms with Crippen LogP contribution in [0.2, 0.25) is 0 Å². The molecular formula is C15H23FN2O4S. The number of nitrogens with zero attached hydrogens (tertiary/aromatic N) is 1. The van der Waals surface area contributed by atoms with Gasteiger partial charge in [0.2, 0.25) is 10.0 Å². The second kappa shape index (κ2) is 7.12. The van der Waals surface area contributed by atoms with Gasteiger partial charge in [0.15, 0.2) is 0 Å². The van der Waals surface area contributed by atoms with Crippen LogP contribution in [0.4, 0.5) is 4.39 Å². The molecule has 0 aliphatic carbocycles. The van der Waals surface area contributed by atoms with Crippen LogP contribution in [0.1, 0.15) is 13.3 Å². The highest BCUT2D eigenvalue weighted by Crippen LogP contribution is 2.35. The quantitative estimate of drug-likeness (QED) is 0.751. The highest BCUT2D eigenvalue weighted by molar-refractivity contribution is 7.89. The van der Waals surface area contributed by atoms with E-state index >= 15 is 0 Å². The van der Waals surface area contributed by atoms with Crippen LogP contribution in [0.3, 0.4) is 0 Å². The van der Waals surface area contributed by atoms with Crippen molar-refractivity contribution in [3.05, 3.63) is 24.0 Å². The Bertz CT molecular complexity index is 653. The molecule has 0 radical (unpaired) electrons. The number of hydrogen-bond donors (Lipinski definition) is 1. The molecule has 1 unspecified atom stereocenters. The molecule has 0 spiro atoms. The molecule has 8 heteroatoms. The predicted molar refractivity (Wildman–Crippen MR) is 84.3 cm³/mol. The Morgan fingerprint density at radius 3 is 2.74 bits per heavy atom. The van der Waals surface area contributed by atoms with E-state index in [0.29, 0.717) is 32.7 Å². The number of nitrogens with two attached hydrogens (primary N) is 1. The SMILES string of the molecule is COCCOc1ccc(F)cc1S(=O)(=O)N1CCC(C)(CN)C1. The fourth-order valence-corrected chi connectivity index (χ4v) is 4.26. The normalized spacial score (nSPS) is 22.4. The van der Waals surface area contributed by atoms with Crippen LogP contribution in [-0.2, 0) is 14.8 Å². The second-order valence-corrected chi connectivity index (χ2v) is 7.94. The monoisotopic (exact) mass is 346 g/mol. The lowest BCUT2D eigenvalue weighted by Gasteiger charge is -2.23. The molecule has 1 fully saturated rings. The standard InChI is InChI=1S/C15H23FN2O4S/c1-15(10-17)5-6-18(11-15)23(19,20)14-9-12(16)3-4-13(14)22-8-7-21-2/h3-4,9H,5-8,10-11,17H2,1-2H3. The molecule has 0 amide bonds. The molecule has 1 heterocycles. The van der Waals surface area contributed by atoms with E-state index in [1.807, 2.05) is 6.92 Å². The van der Waals surface area contributed by atoms with Crippen LogP contribution >= 0.6 is 0 Å². The maximum absolute atomic E-state index is 13.6. The highest BCUT2D eigenvalue weighted by Gasteiger charge is 2.40. The summed E-state index contributed by atoms with van der Waals surface area (Å²) in [5.41, 5.74) is 5.47. The van der Waals surface area contributed by atoms with Crippen molar-refractivity contribution in [3.63, 3.8) is 0 Å². The summed E-state index contributed by atoms with van der Waals surface area (Å²) in [4.78, 5) is -0.158. The number of sulfonamides is 1. The zero-order valence-corrected chi connectivity index (χ0v) is 14.2. The molecule has 1 aromatic rings. The maximum Gasteiger partial charge on any atom is 0.246 e. The smallest absolute Gasteiger partial charge is 0.246 e. The molecule has 0 aromatic heterocycles. The van der Waals surface area contributed by atoms with Crippen LogP contribution in [0.15, 0.2) is 23.1 Å². The van der Waals surface area contributed by atoms with Gasteiger partial charge >= 0.3 is 0 Å². The summed E-state index contributed by atoms with van der Waals surface area (Å²) in [6.45, 7) is 3.53. The molecule has 6 nitrogen and oxygen atoms in total. The first-order valence-corrected chi connectivity index (χ1v) is 8.88. The van der Waals surface area contributed by atoms with Crippen LogP contribution in [0, 0.1) is 11.2 Å². The zero-order chi connectivity index (χ0) is 17.1. The Labute approximate surface area is 136 Å². The molecular weight excluding hydrogens is 323 g/mol. The third-order valence-corrected chi connectivity index (χ3v) is 5.95. The number of rotatable bonds is 7. The van der Waals surface area contributed by atoms with E-state index in [9.17, 15) is 12.8 Å². The van der Waals surface area contributed by atoms with Gasteiger partial charge in [0.05, 0.1) is 6.61 Å². The first-order chi connectivity index (χ1) is 10.8. The van der Waals surface area contributed by atoms with Gasteiger partial charge < -0.3 is 15.2 Å². The van der Waals surface area contributed by atoms with E-state index in [2.05, 4.69) is 0 Å². The van der Waals surface area contributed by atoms with Gasteiger partial charge in [-0.05, 0) is 36.6 Å². The third-order valence-electron chi connectivity index (χ3n) is 4.08. The molecule has 130 valence electrons. The summed E-state index contributed by atoms with van der Waals surface area (Å²) >= 11 is 0. The van der Waals surface area contributed by atoms with E-state index in [-0.39, 0.29) is 22.7 Å². The summed E-state index contributed by atoms with van der Waals surface area (Å²) < 4.78 is 51.0. The molecule has 1 aliphatic heterocycles. The Kier molecular flexibility index (Phi) is 5.61. The molecule has 1 saturated heterocycles. The van der Waals surface area contributed by atoms with E-state index in [0.717, 1.165) is 6.07 Å². The molecule has 1 atom stereocenters. The third kappa shape index (κ3) is 4.00. The largest absolute Gasteiger partial charge is 0.490 e. The van der Waals surface area contributed by atoms with E-state index < -0.39 is 15.8 Å². The summed E-state index contributed by atoms with van der Waals surface area (Å²) in [6.07, 6.45) is 0.678. The van der Waals surface area contributed by atoms with E-state index in [1.165, 1.54) is 23.5 Å². The average Bonchev–Trinajstić information content (AvgIpc) is 2.93. The number of halogens is 1. The van der Waals surface area contributed by atoms with Crippen molar-refractivity contribution < 1.29 is 22.3 Å². The van der Waals surface area contributed by atoms with E-state index in [4.69, 9.17) is 15.2 Å². The minimum Gasteiger partial charge on any atom is -0.490 e. The van der Waals surface area contributed by atoms with Gasteiger partial charge in [-0.1, -0.05) is 6.92 Å². The van der Waals surface area contributed by atoms with Crippen molar-refractivity contribution in [3.8, 4) is 5.75 Å². The van der Waals surface area contributed by atoms with E-state index in [1.54, 1.807) is 0 Å². The van der Waals surface area contributed by atoms with Gasteiger partial charge in [-0.15, -0.1) is 0 Å². The van der Waals surface area contributed by atoms with Gasteiger partial charge in [0.1, 0.15) is 23.1 Å². The van der Waals surface area contributed by atoms with Crippen molar-refractivity contribution in [2.45, 2.75) is 18.2 Å². The minimum absolute atomic E-state index is 0.129. The predicted octanol–water partition coefficient (Wildman–Crippen LogP) is 1.21. The Hall–Kier alpha value is -1.22. The van der Waals surface area contributed by atoms with Crippen LogP contribution in [0.5, 0.6) is 5.75 Å². The first kappa shape index (κ1) is 18.1. The molecule has 23 heavy (non-hydrogen) atoms. The first-order valence-electron chi connectivity index (χ1n) is 7.44. The van der Waals surface area contributed by atoms with Gasteiger partial charge in [0, 0.05) is 20.2 Å². The van der Waals surface area contributed by atoms with Gasteiger partial charge in [-0.25, -0.2) is 12.8 Å². The summed E-state index contributed by atoms with van der Waals surface area (Å²) in [6, 6.07) is 3.50. The lowest BCUT2D eigenvalue weighted by atomic mass is 9.90. The van der Waals surface area contributed by atoms with Gasteiger partial charge in [0.25, 0.3) is 0 Å². The lowest BCUT2D eigenvalue weighted by molar-refractivity contribution is 0.144. The van der Waals surface area contributed by atoms with Crippen molar-refractivity contribution >= 4 is 10.0 Å². The van der Waals surface area contributed by atoms with Gasteiger partial charge in [-0.2, -0.15) is 4.31 Å². The Balaban J connectivity index is 2.30. The van der Waals surface area contributed by atoms with Crippen molar-refractivity contribution in [1.29, 1.82) is 0 Å².